The minimum atomic E-state index is -5.32. The number of alkyl halides is 3. The summed E-state index contributed by atoms with van der Waals surface area (Å²) < 4.78 is 45.4. The number of hydrogen-bond acceptors (Lipinski definition) is 6. The number of nitrogens with one attached hydrogen (secondary N) is 1. The lowest BCUT2D eigenvalue weighted by molar-refractivity contribution is -0.173. The summed E-state index contributed by atoms with van der Waals surface area (Å²) in [7, 11) is 0. The second-order valence-electron chi connectivity index (χ2n) is 9.76. The molecule has 5 rings (SSSR count). The fourth-order valence-corrected chi connectivity index (χ4v) is 6.06. The molecule has 4 N–H and O–H groups in total. The van der Waals surface area contributed by atoms with Crippen LogP contribution in [0.5, 0.6) is 5.75 Å². The van der Waals surface area contributed by atoms with Gasteiger partial charge in [-0.2, -0.15) is 13.2 Å². The molecule has 1 amide bonds. The molecule has 17 heteroatoms. The van der Waals surface area contributed by atoms with Crippen LogP contribution in [0.3, 0.4) is 0 Å². The van der Waals surface area contributed by atoms with E-state index in [1.54, 1.807) is 5.32 Å². The fourth-order valence-electron chi connectivity index (χ4n) is 4.86. The molecular weight excluding hydrogens is 737 g/mol. The summed E-state index contributed by atoms with van der Waals surface area (Å²) in [6, 6.07) is 8.21. The second-order valence-corrected chi connectivity index (χ2v) is 11.7. The van der Waals surface area contributed by atoms with Crippen molar-refractivity contribution < 1.29 is 47.3 Å². The fraction of sp³-hybridized carbons (Fsp3) is 0.0667. The summed E-state index contributed by atoms with van der Waals surface area (Å²) >= 11 is 31.6. The number of halogens is 8. The van der Waals surface area contributed by atoms with E-state index in [1.165, 1.54) is 30.3 Å². The minimum absolute atomic E-state index is 0.0518. The molecule has 1 aliphatic heterocycles. The number of carboxylic acid groups (broad SMARTS) is 2. The number of phenolic OH excluding ortho intramolecular Hbond substituents is 1. The standard InChI is InChI=1S/C30H13Cl5F3NO8/c31-15-6-12-17(7-16(15)40)47-26-13(18(12)19-20(28(44)45)22(33)24(35)23(34)21(19)32)5-11(9-1-3-10(4-2-9)27(42)43)25(41)14(26)8-39-29(46)30(36,37)38/h1-7,41H,8H2,(H,39,46)(H,42,43)(H,44,45). The third kappa shape index (κ3) is 6.03. The predicted octanol–water partition coefficient (Wildman–Crippen LogP) is 8.78. The Morgan fingerprint density at radius 2 is 1.43 bits per heavy atom. The van der Waals surface area contributed by atoms with E-state index in [1.807, 2.05) is 0 Å². The summed E-state index contributed by atoms with van der Waals surface area (Å²) in [6.45, 7) is -1.00. The number of carboxylic acids is 2. The lowest BCUT2D eigenvalue weighted by atomic mass is 9.87. The largest absolute Gasteiger partial charge is 0.507 e. The highest BCUT2D eigenvalue weighted by atomic mass is 35.5. The Hall–Kier alpha value is -4.20. The summed E-state index contributed by atoms with van der Waals surface area (Å²) in [5, 5.41) is 30.3. The number of fused-ring (bicyclic) bond motifs is 2. The number of benzene rings is 4. The van der Waals surface area contributed by atoms with E-state index in [-0.39, 0.29) is 54.6 Å². The number of carbonyl (C=O) groups is 3. The van der Waals surface area contributed by atoms with E-state index in [0.29, 0.717) is 0 Å². The van der Waals surface area contributed by atoms with Crippen LogP contribution in [-0.4, -0.2) is 39.3 Å². The van der Waals surface area contributed by atoms with Crippen molar-refractivity contribution in [1.82, 2.24) is 5.32 Å². The first-order chi connectivity index (χ1) is 21.9. The predicted molar refractivity (Wildman–Crippen MR) is 169 cm³/mol. The van der Waals surface area contributed by atoms with Crippen LogP contribution in [0, 0.1) is 0 Å². The zero-order chi connectivity index (χ0) is 34.7. The van der Waals surface area contributed by atoms with Crippen molar-refractivity contribution in [1.29, 1.82) is 0 Å². The lowest BCUT2D eigenvalue weighted by Crippen LogP contribution is -2.36. The molecule has 1 aliphatic carbocycles. The third-order valence-electron chi connectivity index (χ3n) is 6.99. The number of carbonyl (C=O) groups excluding carboxylic acids is 1. The van der Waals surface area contributed by atoms with E-state index < -0.39 is 73.5 Å². The Morgan fingerprint density at radius 3 is 2.00 bits per heavy atom. The van der Waals surface area contributed by atoms with Gasteiger partial charge < -0.3 is 25.1 Å². The zero-order valence-electron chi connectivity index (χ0n) is 22.7. The molecule has 3 aromatic carbocycles. The number of rotatable bonds is 6. The summed E-state index contributed by atoms with van der Waals surface area (Å²) in [4.78, 5) is 48.4. The highest BCUT2D eigenvalue weighted by Crippen LogP contribution is 2.52. The molecule has 0 saturated heterocycles. The van der Waals surface area contributed by atoms with Crippen LogP contribution in [0.2, 0.25) is 25.1 Å². The van der Waals surface area contributed by atoms with Crippen molar-refractivity contribution in [3.8, 4) is 39.3 Å². The molecule has 2 aliphatic rings. The van der Waals surface area contributed by atoms with Gasteiger partial charge in [0.15, 0.2) is 0 Å². The van der Waals surface area contributed by atoms with E-state index in [9.17, 15) is 47.7 Å². The average molecular weight is 750 g/mol. The van der Waals surface area contributed by atoms with Gasteiger partial charge in [-0.25, -0.2) is 9.59 Å². The molecule has 47 heavy (non-hydrogen) atoms. The smallest absolute Gasteiger partial charge is 0.471 e. The molecule has 0 saturated carbocycles. The number of amides is 1. The maximum Gasteiger partial charge on any atom is 0.471 e. The van der Waals surface area contributed by atoms with Gasteiger partial charge in [0.1, 0.15) is 17.1 Å². The van der Waals surface area contributed by atoms with Crippen LogP contribution in [0.15, 0.2) is 51.7 Å². The maximum atomic E-state index is 13.2. The molecule has 9 nitrogen and oxygen atoms in total. The van der Waals surface area contributed by atoms with Gasteiger partial charge in [-0.05, 0) is 29.8 Å². The van der Waals surface area contributed by atoms with Crippen LogP contribution in [0.25, 0.3) is 44.5 Å². The Bertz CT molecular complexity index is 2200. The van der Waals surface area contributed by atoms with Crippen LogP contribution < -0.4 is 10.7 Å². The Kier molecular flexibility index (Phi) is 9.03. The lowest BCUT2D eigenvalue weighted by Gasteiger charge is -2.22. The van der Waals surface area contributed by atoms with Gasteiger partial charge in [-0.1, -0.05) is 70.1 Å². The topological polar surface area (TPSA) is 154 Å². The normalized spacial score (nSPS) is 11.7. The van der Waals surface area contributed by atoms with E-state index in [0.717, 1.165) is 12.1 Å². The minimum Gasteiger partial charge on any atom is -0.507 e. The second kappa shape index (κ2) is 12.4. The Labute approximate surface area is 284 Å². The first kappa shape index (κ1) is 34.1. The zero-order valence-corrected chi connectivity index (χ0v) is 26.4. The molecule has 0 radical (unpaired) electrons. The van der Waals surface area contributed by atoms with Gasteiger partial charge in [-0.15, -0.1) is 0 Å². The van der Waals surface area contributed by atoms with Gasteiger partial charge in [0.2, 0.25) is 5.43 Å². The average Bonchev–Trinajstić information content (AvgIpc) is 3.00. The first-order valence-corrected chi connectivity index (χ1v) is 14.6. The summed E-state index contributed by atoms with van der Waals surface area (Å²) in [6.07, 6.45) is -5.32. The highest BCUT2D eigenvalue weighted by Gasteiger charge is 2.39. The molecule has 0 spiro atoms. The van der Waals surface area contributed by atoms with Crippen molar-refractivity contribution >= 4 is 86.8 Å². The van der Waals surface area contributed by atoms with Crippen molar-refractivity contribution in [3.05, 3.63) is 94.5 Å². The molecule has 3 aromatic rings. The SMILES string of the molecule is O=C(O)c1ccc(-c2cc3c(-c4c(Cl)c(Cl)c(Cl)c(Cl)c4C(=O)O)c4cc(Cl)c(=O)cc-4oc3c(CNC(=O)C(F)(F)F)c2O)cc1. The number of aromatic hydroxyl groups is 1. The number of phenols is 1. The third-order valence-corrected chi connectivity index (χ3v) is 9.09. The van der Waals surface area contributed by atoms with Gasteiger partial charge in [-0.3, -0.25) is 9.59 Å². The maximum absolute atomic E-state index is 13.2. The van der Waals surface area contributed by atoms with Gasteiger partial charge in [0.25, 0.3) is 0 Å². The molecule has 0 unspecified atom stereocenters. The van der Waals surface area contributed by atoms with Gasteiger partial charge in [0, 0.05) is 33.7 Å². The molecular formula is C30H13Cl5F3NO8. The summed E-state index contributed by atoms with van der Waals surface area (Å²) in [5.41, 5.74) is -3.05. The number of hydrogen-bond donors (Lipinski definition) is 4. The molecule has 1 heterocycles. The van der Waals surface area contributed by atoms with Crippen molar-refractivity contribution in [3.63, 3.8) is 0 Å². The number of aromatic carboxylic acids is 2. The van der Waals surface area contributed by atoms with Gasteiger partial charge in [0.05, 0.1) is 48.3 Å². The van der Waals surface area contributed by atoms with Gasteiger partial charge >= 0.3 is 24.0 Å². The molecule has 0 fully saturated rings. The molecule has 0 bridgehead atoms. The van der Waals surface area contributed by atoms with E-state index >= 15 is 0 Å². The van der Waals surface area contributed by atoms with Crippen molar-refractivity contribution in [2.24, 2.45) is 0 Å². The van der Waals surface area contributed by atoms with E-state index in [2.05, 4.69) is 0 Å². The highest BCUT2D eigenvalue weighted by molar-refractivity contribution is 6.54. The molecule has 0 aromatic heterocycles. The van der Waals surface area contributed by atoms with E-state index in [4.69, 9.17) is 62.4 Å². The molecule has 0 atom stereocenters. The Morgan fingerprint density at radius 1 is 0.809 bits per heavy atom. The van der Waals surface area contributed by atoms with Crippen LogP contribution in [0.1, 0.15) is 26.3 Å². The summed E-state index contributed by atoms with van der Waals surface area (Å²) in [5.74, 6) is -6.30. The van der Waals surface area contributed by atoms with Crippen LogP contribution in [0.4, 0.5) is 13.2 Å². The monoisotopic (exact) mass is 747 g/mol. The van der Waals surface area contributed by atoms with Crippen LogP contribution >= 0.6 is 58.0 Å². The van der Waals surface area contributed by atoms with Crippen molar-refractivity contribution in [2.45, 2.75) is 12.7 Å². The van der Waals surface area contributed by atoms with Crippen molar-refractivity contribution in [2.75, 3.05) is 0 Å². The van der Waals surface area contributed by atoms with Crippen LogP contribution in [-0.2, 0) is 11.3 Å². The first-order valence-electron chi connectivity index (χ1n) is 12.7. The molecule has 242 valence electrons. The Balaban J connectivity index is 2.03. The quantitative estimate of drug-likeness (QED) is 0.0764.